The van der Waals surface area contributed by atoms with Crippen molar-refractivity contribution < 1.29 is 4.79 Å². The molecule has 1 amide bonds. The van der Waals surface area contributed by atoms with Crippen LogP contribution in [0.2, 0.25) is 5.02 Å². The van der Waals surface area contributed by atoms with Crippen LogP contribution >= 0.6 is 11.6 Å². The predicted molar refractivity (Wildman–Crippen MR) is 105 cm³/mol. The van der Waals surface area contributed by atoms with Crippen LogP contribution in [-0.4, -0.2) is 19.9 Å². The van der Waals surface area contributed by atoms with Gasteiger partial charge in [-0.2, -0.15) is 0 Å². The van der Waals surface area contributed by atoms with E-state index in [2.05, 4.69) is 10.3 Å². The number of benzene rings is 1. The Morgan fingerprint density at radius 2 is 2.00 bits per heavy atom. The summed E-state index contributed by atoms with van der Waals surface area (Å²) in [5.74, 6) is -0.292. The Balaban J connectivity index is 1.74. The Morgan fingerprint density at radius 3 is 2.78 bits per heavy atom. The summed E-state index contributed by atoms with van der Waals surface area (Å²) in [5.41, 5.74) is 2.98. The number of halogens is 1. The third-order valence-electron chi connectivity index (χ3n) is 4.58. The molecular weight excluding hydrogens is 364 g/mol. The minimum atomic E-state index is -0.292. The van der Waals surface area contributed by atoms with Gasteiger partial charge in [-0.1, -0.05) is 35.9 Å². The van der Waals surface area contributed by atoms with E-state index in [1.54, 1.807) is 36.0 Å². The zero-order valence-corrected chi connectivity index (χ0v) is 15.6. The van der Waals surface area contributed by atoms with Gasteiger partial charge in [-0.3, -0.25) is 14.0 Å². The van der Waals surface area contributed by atoms with E-state index in [-0.39, 0.29) is 11.5 Å². The Morgan fingerprint density at radius 1 is 1.22 bits per heavy atom. The van der Waals surface area contributed by atoms with Crippen molar-refractivity contribution in [1.29, 1.82) is 0 Å². The first kappa shape index (κ1) is 17.3. The molecule has 0 spiro atoms. The maximum atomic E-state index is 12.8. The smallest absolute Gasteiger partial charge is 0.268 e. The molecule has 6 nitrogen and oxygen atoms in total. The lowest BCUT2D eigenvalue weighted by atomic mass is 10.2. The standard InChI is InChI=1S/C20H17ClN4O2/c1-12-7-8-17-23-18-14(20(27)25(17)11-12)9-16(24(18)2)19(26)22-10-13-5-3-4-6-15(13)21/h3-9,11H,10H2,1-2H3,(H,22,26). The Labute approximate surface area is 160 Å². The van der Waals surface area contributed by atoms with Gasteiger partial charge in [-0.05, 0) is 36.2 Å². The third kappa shape index (κ3) is 2.98. The average molecular weight is 381 g/mol. The summed E-state index contributed by atoms with van der Waals surface area (Å²) in [6.45, 7) is 2.21. The number of nitrogens with zero attached hydrogens (tertiary/aromatic N) is 3. The minimum Gasteiger partial charge on any atom is -0.347 e. The molecule has 136 valence electrons. The first-order valence-corrected chi connectivity index (χ1v) is 8.83. The summed E-state index contributed by atoms with van der Waals surface area (Å²) < 4.78 is 3.14. The zero-order chi connectivity index (χ0) is 19.1. The van der Waals surface area contributed by atoms with E-state index in [1.807, 2.05) is 31.2 Å². The molecule has 1 aromatic carbocycles. The van der Waals surface area contributed by atoms with Crippen LogP contribution in [0.5, 0.6) is 0 Å². The fourth-order valence-corrected chi connectivity index (χ4v) is 3.30. The number of aromatic nitrogens is 3. The first-order chi connectivity index (χ1) is 13.0. The van der Waals surface area contributed by atoms with E-state index in [4.69, 9.17) is 11.6 Å². The van der Waals surface area contributed by atoms with Gasteiger partial charge >= 0.3 is 0 Å². The van der Waals surface area contributed by atoms with Gasteiger partial charge in [0.2, 0.25) is 0 Å². The quantitative estimate of drug-likeness (QED) is 0.594. The number of fused-ring (bicyclic) bond motifs is 2. The Kier molecular flexibility index (Phi) is 4.20. The van der Waals surface area contributed by atoms with Crippen molar-refractivity contribution in [3.05, 3.63) is 80.9 Å². The van der Waals surface area contributed by atoms with Gasteiger partial charge in [0.1, 0.15) is 17.0 Å². The number of carbonyl (C=O) groups is 1. The number of aryl methyl sites for hydroxylation is 2. The van der Waals surface area contributed by atoms with Crippen molar-refractivity contribution in [3.8, 4) is 0 Å². The van der Waals surface area contributed by atoms with Crippen LogP contribution in [0, 0.1) is 6.92 Å². The van der Waals surface area contributed by atoms with Crippen LogP contribution in [0.15, 0.2) is 53.5 Å². The summed E-state index contributed by atoms with van der Waals surface area (Å²) >= 11 is 6.13. The topological polar surface area (TPSA) is 68.4 Å². The zero-order valence-electron chi connectivity index (χ0n) is 14.9. The number of amides is 1. The van der Waals surface area contributed by atoms with Crippen molar-refractivity contribution in [1.82, 2.24) is 19.3 Å². The van der Waals surface area contributed by atoms with Gasteiger partial charge in [0.05, 0.1) is 5.39 Å². The van der Waals surface area contributed by atoms with Gasteiger partial charge in [-0.15, -0.1) is 0 Å². The molecule has 0 bridgehead atoms. The van der Waals surface area contributed by atoms with E-state index in [9.17, 15) is 9.59 Å². The largest absolute Gasteiger partial charge is 0.347 e. The molecule has 0 aliphatic heterocycles. The second-order valence-electron chi connectivity index (χ2n) is 6.45. The van der Waals surface area contributed by atoms with E-state index >= 15 is 0 Å². The number of rotatable bonds is 3. The number of pyridine rings is 1. The van der Waals surface area contributed by atoms with E-state index in [1.165, 1.54) is 4.40 Å². The summed E-state index contributed by atoms with van der Waals surface area (Å²) in [7, 11) is 1.73. The fourth-order valence-electron chi connectivity index (χ4n) is 3.10. The predicted octanol–water partition coefficient (Wildman–Crippen LogP) is 3.08. The molecule has 0 saturated carbocycles. The highest BCUT2D eigenvalue weighted by Crippen LogP contribution is 2.17. The molecule has 7 heteroatoms. The summed E-state index contributed by atoms with van der Waals surface area (Å²) in [6, 6.07) is 12.6. The molecule has 0 radical (unpaired) electrons. The van der Waals surface area contributed by atoms with Crippen LogP contribution in [0.4, 0.5) is 0 Å². The van der Waals surface area contributed by atoms with Gasteiger partial charge < -0.3 is 9.88 Å². The molecule has 0 aliphatic rings. The minimum absolute atomic E-state index is 0.195. The lowest BCUT2D eigenvalue weighted by molar-refractivity contribution is 0.0943. The van der Waals surface area contributed by atoms with E-state index in [0.717, 1.165) is 11.1 Å². The van der Waals surface area contributed by atoms with Crippen LogP contribution in [-0.2, 0) is 13.6 Å². The van der Waals surface area contributed by atoms with Crippen LogP contribution < -0.4 is 10.9 Å². The number of hydrogen-bond acceptors (Lipinski definition) is 3. The second-order valence-corrected chi connectivity index (χ2v) is 6.86. The molecule has 27 heavy (non-hydrogen) atoms. The molecular formula is C20H17ClN4O2. The summed E-state index contributed by atoms with van der Waals surface area (Å²) in [4.78, 5) is 30.0. The van der Waals surface area contributed by atoms with Crippen molar-refractivity contribution in [2.45, 2.75) is 13.5 Å². The summed E-state index contributed by atoms with van der Waals surface area (Å²) in [5, 5.41) is 3.85. The highest BCUT2D eigenvalue weighted by atomic mass is 35.5. The molecule has 3 aromatic heterocycles. The molecule has 0 unspecified atom stereocenters. The highest BCUT2D eigenvalue weighted by molar-refractivity contribution is 6.31. The van der Waals surface area contributed by atoms with Crippen molar-refractivity contribution >= 4 is 34.2 Å². The van der Waals surface area contributed by atoms with Crippen molar-refractivity contribution in [2.24, 2.45) is 7.05 Å². The Bertz CT molecular complexity index is 1260. The SMILES string of the molecule is Cc1ccc2nc3c(cc(C(=O)NCc4ccccc4Cl)n3C)c(=O)n2c1. The maximum absolute atomic E-state index is 12.8. The first-order valence-electron chi connectivity index (χ1n) is 8.46. The monoisotopic (exact) mass is 380 g/mol. The molecule has 3 heterocycles. The molecule has 1 N–H and O–H groups in total. The van der Waals surface area contributed by atoms with Gasteiger partial charge in [0, 0.05) is 24.8 Å². The molecule has 0 atom stereocenters. The van der Waals surface area contributed by atoms with Crippen LogP contribution in [0.25, 0.3) is 16.7 Å². The van der Waals surface area contributed by atoms with Gasteiger partial charge in [0.15, 0.2) is 0 Å². The lowest BCUT2D eigenvalue weighted by Gasteiger charge is -2.08. The van der Waals surface area contributed by atoms with Crippen molar-refractivity contribution in [3.63, 3.8) is 0 Å². The van der Waals surface area contributed by atoms with Crippen molar-refractivity contribution in [2.75, 3.05) is 0 Å². The van der Waals surface area contributed by atoms with Gasteiger partial charge in [0.25, 0.3) is 11.5 Å². The molecule has 0 fully saturated rings. The summed E-state index contributed by atoms with van der Waals surface area (Å²) in [6.07, 6.45) is 1.74. The average Bonchev–Trinajstić information content (AvgIpc) is 2.99. The lowest BCUT2D eigenvalue weighted by Crippen LogP contribution is -2.25. The molecule has 0 saturated heterocycles. The van der Waals surface area contributed by atoms with E-state index < -0.39 is 0 Å². The third-order valence-corrected chi connectivity index (χ3v) is 4.94. The Hall–Kier alpha value is -3.12. The van der Waals surface area contributed by atoms with Crippen LogP contribution in [0.3, 0.4) is 0 Å². The highest BCUT2D eigenvalue weighted by Gasteiger charge is 2.17. The number of nitrogens with one attached hydrogen (secondary N) is 1. The molecule has 4 aromatic rings. The maximum Gasteiger partial charge on any atom is 0.268 e. The second kappa shape index (κ2) is 6.55. The van der Waals surface area contributed by atoms with Crippen LogP contribution in [0.1, 0.15) is 21.6 Å². The normalized spacial score (nSPS) is 11.2. The van der Waals surface area contributed by atoms with E-state index in [0.29, 0.717) is 33.9 Å². The molecule has 4 rings (SSSR count). The number of hydrogen-bond donors (Lipinski definition) is 1. The number of carbonyl (C=O) groups excluding carboxylic acids is 1. The van der Waals surface area contributed by atoms with Gasteiger partial charge in [-0.25, -0.2) is 4.98 Å². The fraction of sp³-hybridized carbons (Fsp3) is 0.150. The molecule has 0 aliphatic carbocycles.